The molecule has 0 aromatic heterocycles. The van der Waals surface area contributed by atoms with E-state index in [9.17, 15) is 4.79 Å². The lowest BCUT2D eigenvalue weighted by Crippen LogP contribution is -2.00. The number of cyclic esters (lactones) is 1. The molecule has 3 heteroatoms. The minimum absolute atomic E-state index is 0.263. The van der Waals surface area contributed by atoms with Crippen LogP contribution in [-0.4, -0.2) is 5.97 Å². The summed E-state index contributed by atoms with van der Waals surface area (Å²) in [6.07, 6.45) is -0.309. The molecular weight excluding hydrogens is 236 g/mol. The van der Waals surface area contributed by atoms with Gasteiger partial charge in [-0.2, -0.15) is 0 Å². The summed E-state index contributed by atoms with van der Waals surface area (Å²) in [7, 11) is 0. The maximum Gasteiger partial charge on any atom is 0.339 e. The largest absolute Gasteiger partial charge is 0.449 e. The summed E-state index contributed by atoms with van der Waals surface area (Å²) >= 11 is 5.84. The average molecular weight is 245 g/mol. The van der Waals surface area contributed by atoms with Gasteiger partial charge in [-0.3, -0.25) is 0 Å². The standard InChI is InChI=1S/C14H9ClO2/c15-10-7-5-9(6-8-10)13-11-3-1-2-4-12(11)14(16)17-13/h1-8,13H/t13-/m0/s1. The minimum atomic E-state index is -0.309. The second kappa shape index (κ2) is 3.90. The molecule has 0 amide bonds. The maximum absolute atomic E-state index is 11.7. The van der Waals surface area contributed by atoms with Crippen molar-refractivity contribution in [3.63, 3.8) is 0 Å². The summed E-state index contributed by atoms with van der Waals surface area (Å²) in [6, 6.07) is 14.8. The maximum atomic E-state index is 11.7. The van der Waals surface area contributed by atoms with Crippen LogP contribution in [0.2, 0.25) is 5.02 Å². The van der Waals surface area contributed by atoms with E-state index in [1.165, 1.54) is 0 Å². The van der Waals surface area contributed by atoms with E-state index in [0.29, 0.717) is 10.6 Å². The molecule has 84 valence electrons. The first kappa shape index (κ1) is 10.4. The summed E-state index contributed by atoms with van der Waals surface area (Å²) < 4.78 is 5.38. The molecule has 0 saturated heterocycles. The van der Waals surface area contributed by atoms with Crippen molar-refractivity contribution in [2.24, 2.45) is 0 Å². The van der Waals surface area contributed by atoms with Gasteiger partial charge in [-0.1, -0.05) is 41.9 Å². The van der Waals surface area contributed by atoms with Gasteiger partial charge in [-0.25, -0.2) is 4.79 Å². The van der Waals surface area contributed by atoms with Gasteiger partial charge in [0.1, 0.15) is 0 Å². The Bertz CT molecular complexity index is 575. The van der Waals surface area contributed by atoms with Crippen LogP contribution in [0.4, 0.5) is 0 Å². The van der Waals surface area contributed by atoms with Crippen molar-refractivity contribution in [3.8, 4) is 0 Å². The predicted molar refractivity (Wildman–Crippen MR) is 65.2 cm³/mol. The molecule has 2 nitrogen and oxygen atoms in total. The lowest BCUT2D eigenvalue weighted by molar-refractivity contribution is 0.0456. The molecule has 0 fully saturated rings. The fourth-order valence-corrected chi connectivity index (χ4v) is 2.16. The highest BCUT2D eigenvalue weighted by molar-refractivity contribution is 6.30. The number of benzene rings is 2. The number of carbonyl (C=O) groups is 1. The fraction of sp³-hybridized carbons (Fsp3) is 0.0714. The van der Waals surface area contributed by atoms with Gasteiger partial charge in [-0.05, 0) is 23.8 Å². The van der Waals surface area contributed by atoms with Gasteiger partial charge in [0.15, 0.2) is 6.10 Å². The van der Waals surface area contributed by atoms with Gasteiger partial charge in [0.05, 0.1) is 5.56 Å². The van der Waals surface area contributed by atoms with Crippen LogP contribution in [0.3, 0.4) is 0 Å². The quantitative estimate of drug-likeness (QED) is 0.717. The summed E-state index contributed by atoms with van der Waals surface area (Å²) in [5.74, 6) is -0.263. The van der Waals surface area contributed by atoms with Crippen LogP contribution in [-0.2, 0) is 4.74 Å². The van der Waals surface area contributed by atoms with E-state index >= 15 is 0 Å². The molecule has 1 aliphatic rings. The third kappa shape index (κ3) is 1.71. The number of hydrogen-bond acceptors (Lipinski definition) is 2. The highest BCUT2D eigenvalue weighted by Gasteiger charge is 2.31. The number of fused-ring (bicyclic) bond motifs is 1. The molecule has 0 bridgehead atoms. The van der Waals surface area contributed by atoms with E-state index in [4.69, 9.17) is 16.3 Å². The summed E-state index contributed by atoms with van der Waals surface area (Å²) in [5.41, 5.74) is 2.50. The van der Waals surface area contributed by atoms with Crippen LogP contribution in [0.1, 0.15) is 27.6 Å². The van der Waals surface area contributed by atoms with Crippen LogP contribution in [0.15, 0.2) is 48.5 Å². The average Bonchev–Trinajstić information content (AvgIpc) is 2.69. The van der Waals surface area contributed by atoms with Crippen molar-refractivity contribution in [1.82, 2.24) is 0 Å². The number of carbonyl (C=O) groups excluding carboxylic acids is 1. The Kier molecular flexibility index (Phi) is 2.37. The van der Waals surface area contributed by atoms with E-state index in [1.807, 2.05) is 30.3 Å². The molecule has 1 heterocycles. The van der Waals surface area contributed by atoms with Crippen LogP contribution < -0.4 is 0 Å². The molecule has 3 rings (SSSR count). The van der Waals surface area contributed by atoms with Crippen molar-refractivity contribution in [1.29, 1.82) is 0 Å². The second-order valence-corrected chi connectivity index (χ2v) is 4.36. The van der Waals surface area contributed by atoms with Crippen molar-refractivity contribution >= 4 is 17.6 Å². The Morgan fingerprint density at radius 1 is 1.00 bits per heavy atom. The summed E-state index contributed by atoms with van der Waals surface area (Å²) in [4.78, 5) is 11.7. The lowest BCUT2D eigenvalue weighted by Gasteiger charge is -2.10. The zero-order chi connectivity index (χ0) is 11.8. The van der Waals surface area contributed by atoms with E-state index in [2.05, 4.69) is 0 Å². The van der Waals surface area contributed by atoms with Gasteiger partial charge in [0, 0.05) is 10.6 Å². The van der Waals surface area contributed by atoms with E-state index in [0.717, 1.165) is 11.1 Å². The predicted octanol–water partition coefficient (Wildman–Crippen LogP) is 3.60. The van der Waals surface area contributed by atoms with Crippen LogP contribution in [0.25, 0.3) is 0 Å². The molecule has 1 atom stereocenters. The molecule has 2 aromatic carbocycles. The Balaban J connectivity index is 2.07. The molecule has 2 aromatic rings. The SMILES string of the molecule is O=C1O[C@@H](c2ccc(Cl)cc2)c2ccccc21. The van der Waals surface area contributed by atoms with Crippen molar-refractivity contribution in [2.45, 2.75) is 6.10 Å². The number of ether oxygens (including phenoxy) is 1. The Labute approximate surface area is 104 Å². The highest BCUT2D eigenvalue weighted by atomic mass is 35.5. The normalized spacial score (nSPS) is 17.7. The minimum Gasteiger partial charge on any atom is -0.449 e. The molecule has 0 spiro atoms. The van der Waals surface area contributed by atoms with E-state index in [-0.39, 0.29) is 12.1 Å². The first-order valence-electron chi connectivity index (χ1n) is 5.31. The molecule has 1 aliphatic heterocycles. The zero-order valence-electron chi connectivity index (χ0n) is 8.89. The van der Waals surface area contributed by atoms with Gasteiger partial charge >= 0.3 is 5.97 Å². The molecular formula is C14H9ClO2. The smallest absolute Gasteiger partial charge is 0.339 e. The van der Waals surface area contributed by atoms with Crippen molar-refractivity contribution in [3.05, 3.63) is 70.2 Å². The van der Waals surface area contributed by atoms with Gasteiger partial charge < -0.3 is 4.74 Å². The number of hydrogen-bond donors (Lipinski definition) is 0. The van der Waals surface area contributed by atoms with E-state index in [1.54, 1.807) is 18.2 Å². The van der Waals surface area contributed by atoms with Crippen LogP contribution in [0, 0.1) is 0 Å². The fourth-order valence-electron chi connectivity index (χ4n) is 2.03. The summed E-state index contributed by atoms with van der Waals surface area (Å²) in [5, 5.41) is 0.673. The van der Waals surface area contributed by atoms with Crippen molar-refractivity contribution in [2.75, 3.05) is 0 Å². The first-order chi connectivity index (χ1) is 8.25. The van der Waals surface area contributed by atoms with Gasteiger partial charge in [0.2, 0.25) is 0 Å². The zero-order valence-corrected chi connectivity index (χ0v) is 9.65. The Morgan fingerprint density at radius 3 is 2.47 bits per heavy atom. The highest BCUT2D eigenvalue weighted by Crippen LogP contribution is 2.35. The monoisotopic (exact) mass is 244 g/mol. The molecule has 0 unspecified atom stereocenters. The van der Waals surface area contributed by atoms with Crippen LogP contribution >= 0.6 is 11.6 Å². The van der Waals surface area contributed by atoms with Crippen molar-refractivity contribution < 1.29 is 9.53 Å². The number of halogens is 1. The number of rotatable bonds is 1. The summed E-state index contributed by atoms with van der Waals surface area (Å²) in [6.45, 7) is 0. The molecule has 0 radical (unpaired) electrons. The number of esters is 1. The second-order valence-electron chi connectivity index (χ2n) is 3.92. The lowest BCUT2D eigenvalue weighted by atomic mass is 9.99. The van der Waals surface area contributed by atoms with E-state index < -0.39 is 0 Å². The topological polar surface area (TPSA) is 26.3 Å². The molecule has 0 aliphatic carbocycles. The van der Waals surface area contributed by atoms with Gasteiger partial charge in [-0.15, -0.1) is 0 Å². The van der Waals surface area contributed by atoms with Crippen LogP contribution in [0.5, 0.6) is 0 Å². The third-order valence-corrected chi connectivity index (χ3v) is 3.11. The Hall–Kier alpha value is -1.80. The molecule has 0 saturated carbocycles. The third-order valence-electron chi connectivity index (χ3n) is 2.86. The Morgan fingerprint density at radius 2 is 1.71 bits per heavy atom. The van der Waals surface area contributed by atoms with Gasteiger partial charge in [0.25, 0.3) is 0 Å². The molecule has 17 heavy (non-hydrogen) atoms. The first-order valence-corrected chi connectivity index (χ1v) is 5.69. The molecule has 0 N–H and O–H groups in total.